The second-order valence-corrected chi connectivity index (χ2v) is 5.13. The molecule has 1 aromatic carbocycles. The number of benzene rings is 1. The molecule has 1 aliphatic rings. The van der Waals surface area contributed by atoms with E-state index in [9.17, 15) is 9.59 Å². The van der Waals surface area contributed by atoms with Gasteiger partial charge < -0.3 is 9.53 Å². The largest absolute Gasteiger partial charge is 0.444 e. The minimum absolute atomic E-state index is 0.126. The van der Waals surface area contributed by atoms with Crippen molar-refractivity contribution in [2.45, 2.75) is 39.7 Å². The van der Waals surface area contributed by atoms with Gasteiger partial charge in [-0.3, -0.25) is 4.90 Å². The van der Waals surface area contributed by atoms with E-state index in [1.807, 2.05) is 32.0 Å². The van der Waals surface area contributed by atoms with Gasteiger partial charge in [-0.05, 0) is 50.5 Å². The van der Waals surface area contributed by atoms with Crippen LogP contribution in [0.1, 0.15) is 30.9 Å². The molecular formula is C15H19NO3. The first-order valence-electron chi connectivity index (χ1n) is 6.52. The summed E-state index contributed by atoms with van der Waals surface area (Å²) in [5.41, 5.74) is 3.21. The molecule has 102 valence electrons. The van der Waals surface area contributed by atoms with Crippen molar-refractivity contribution in [3.63, 3.8) is 0 Å². The van der Waals surface area contributed by atoms with Gasteiger partial charge in [-0.1, -0.05) is 6.07 Å². The highest BCUT2D eigenvalue weighted by atomic mass is 16.6. The van der Waals surface area contributed by atoms with Crippen molar-refractivity contribution < 1.29 is 14.3 Å². The number of aryl methyl sites for hydroxylation is 2. The fourth-order valence-electron chi connectivity index (χ4n) is 2.14. The van der Waals surface area contributed by atoms with E-state index in [1.165, 1.54) is 5.56 Å². The number of amides is 1. The smallest absolute Gasteiger partial charge is 0.414 e. The van der Waals surface area contributed by atoms with Crippen molar-refractivity contribution >= 4 is 17.6 Å². The Morgan fingerprint density at radius 2 is 2.11 bits per heavy atom. The number of ketones is 1. The Labute approximate surface area is 113 Å². The van der Waals surface area contributed by atoms with Crippen molar-refractivity contribution in [3.8, 4) is 0 Å². The van der Waals surface area contributed by atoms with Crippen LogP contribution in [0.15, 0.2) is 18.2 Å². The van der Waals surface area contributed by atoms with E-state index in [-0.39, 0.29) is 18.0 Å². The average Bonchev–Trinajstić information content (AvgIpc) is 2.72. The van der Waals surface area contributed by atoms with E-state index in [0.717, 1.165) is 11.3 Å². The van der Waals surface area contributed by atoms with Crippen molar-refractivity contribution in [2.75, 3.05) is 11.4 Å². The highest BCUT2D eigenvalue weighted by Crippen LogP contribution is 2.25. The van der Waals surface area contributed by atoms with Gasteiger partial charge in [-0.15, -0.1) is 0 Å². The van der Waals surface area contributed by atoms with Gasteiger partial charge in [0.15, 0.2) is 0 Å². The Kier molecular flexibility index (Phi) is 3.88. The zero-order valence-corrected chi connectivity index (χ0v) is 11.6. The molecular weight excluding hydrogens is 242 g/mol. The Hall–Kier alpha value is -1.84. The second-order valence-electron chi connectivity index (χ2n) is 5.13. The molecule has 0 aliphatic carbocycles. The van der Waals surface area contributed by atoms with Crippen LogP contribution >= 0.6 is 0 Å². The van der Waals surface area contributed by atoms with Gasteiger partial charge >= 0.3 is 6.09 Å². The topological polar surface area (TPSA) is 46.6 Å². The number of cyclic esters (lactones) is 1. The Morgan fingerprint density at radius 1 is 1.37 bits per heavy atom. The van der Waals surface area contributed by atoms with Crippen molar-refractivity contribution in [1.82, 2.24) is 0 Å². The number of hydrogen-bond acceptors (Lipinski definition) is 3. The fourth-order valence-corrected chi connectivity index (χ4v) is 2.14. The molecule has 0 saturated carbocycles. The minimum atomic E-state index is -0.322. The maximum atomic E-state index is 11.8. The van der Waals surface area contributed by atoms with E-state index in [1.54, 1.807) is 11.8 Å². The summed E-state index contributed by atoms with van der Waals surface area (Å²) in [5.74, 6) is 0.126. The lowest BCUT2D eigenvalue weighted by Crippen LogP contribution is -2.24. The minimum Gasteiger partial charge on any atom is -0.444 e. The number of carbonyl (C=O) groups excluding carboxylic acids is 2. The third-order valence-corrected chi connectivity index (χ3v) is 3.49. The molecule has 1 heterocycles. The van der Waals surface area contributed by atoms with Crippen LogP contribution in [0, 0.1) is 13.8 Å². The molecule has 1 aromatic rings. The molecule has 0 unspecified atom stereocenters. The van der Waals surface area contributed by atoms with Crippen LogP contribution in [0.25, 0.3) is 0 Å². The third kappa shape index (κ3) is 3.13. The zero-order valence-electron chi connectivity index (χ0n) is 11.6. The Bertz CT molecular complexity index is 510. The average molecular weight is 261 g/mol. The van der Waals surface area contributed by atoms with Gasteiger partial charge in [-0.25, -0.2) is 4.79 Å². The van der Waals surface area contributed by atoms with Crippen LogP contribution in [-0.2, 0) is 9.53 Å². The van der Waals surface area contributed by atoms with Crippen LogP contribution in [0.2, 0.25) is 0 Å². The summed E-state index contributed by atoms with van der Waals surface area (Å²) in [6.45, 7) is 6.14. The second kappa shape index (κ2) is 5.43. The van der Waals surface area contributed by atoms with E-state index < -0.39 is 0 Å². The maximum Gasteiger partial charge on any atom is 0.414 e. The fraction of sp³-hybridized carbons (Fsp3) is 0.467. The molecule has 1 amide bonds. The predicted molar refractivity (Wildman–Crippen MR) is 73.4 cm³/mol. The molecule has 0 N–H and O–H groups in total. The normalized spacial score (nSPS) is 18.6. The lowest BCUT2D eigenvalue weighted by molar-refractivity contribution is -0.117. The number of Topliss-reactive ketones (excluding diaryl/α,β-unsaturated/α-hetero) is 1. The lowest BCUT2D eigenvalue weighted by atomic mass is 10.1. The van der Waals surface area contributed by atoms with Crippen molar-refractivity contribution in [2.24, 2.45) is 0 Å². The zero-order chi connectivity index (χ0) is 14.0. The molecule has 1 saturated heterocycles. The SMILES string of the molecule is CC(=O)CC[C@H]1CN(c2ccc(C)c(C)c2)C(=O)O1. The summed E-state index contributed by atoms with van der Waals surface area (Å²) < 4.78 is 5.28. The van der Waals surface area contributed by atoms with Gasteiger partial charge in [0.05, 0.1) is 6.54 Å². The number of rotatable bonds is 4. The monoisotopic (exact) mass is 261 g/mol. The summed E-state index contributed by atoms with van der Waals surface area (Å²) in [4.78, 5) is 24.4. The molecule has 2 rings (SSSR count). The van der Waals surface area contributed by atoms with Gasteiger partial charge in [0.25, 0.3) is 0 Å². The van der Waals surface area contributed by atoms with E-state index in [2.05, 4.69) is 0 Å². The molecule has 4 nitrogen and oxygen atoms in total. The quantitative estimate of drug-likeness (QED) is 0.837. The van der Waals surface area contributed by atoms with Crippen LogP contribution in [0.5, 0.6) is 0 Å². The van der Waals surface area contributed by atoms with E-state index >= 15 is 0 Å². The molecule has 0 radical (unpaired) electrons. The predicted octanol–water partition coefficient (Wildman–Crippen LogP) is 3.00. The lowest BCUT2D eigenvalue weighted by Gasteiger charge is -2.14. The van der Waals surface area contributed by atoms with Crippen LogP contribution < -0.4 is 4.90 Å². The summed E-state index contributed by atoms with van der Waals surface area (Å²) in [6.07, 6.45) is 0.552. The van der Waals surface area contributed by atoms with Gasteiger partial charge in [0.1, 0.15) is 11.9 Å². The third-order valence-electron chi connectivity index (χ3n) is 3.49. The van der Waals surface area contributed by atoms with Gasteiger partial charge in [0.2, 0.25) is 0 Å². The molecule has 1 atom stereocenters. The maximum absolute atomic E-state index is 11.8. The standard InChI is InChI=1S/C15H19NO3/c1-10-4-6-13(8-11(10)2)16-9-14(19-15(16)18)7-5-12(3)17/h4,6,8,14H,5,7,9H2,1-3H3/t14-/m0/s1. The van der Waals surface area contributed by atoms with E-state index in [0.29, 0.717) is 19.4 Å². The molecule has 1 aliphatic heterocycles. The molecule has 1 fully saturated rings. The molecule has 19 heavy (non-hydrogen) atoms. The Morgan fingerprint density at radius 3 is 2.74 bits per heavy atom. The van der Waals surface area contributed by atoms with Gasteiger partial charge in [0, 0.05) is 12.1 Å². The van der Waals surface area contributed by atoms with Crippen molar-refractivity contribution in [1.29, 1.82) is 0 Å². The molecule has 0 bridgehead atoms. The summed E-state index contributed by atoms with van der Waals surface area (Å²) in [7, 11) is 0. The van der Waals surface area contributed by atoms with Gasteiger partial charge in [-0.2, -0.15) is 0 Å². The van der Waals surface area contributed by atoms with Crippen LogP contribution in [-0.4, -0.2) is 24.5 Å². The number of hydrogen-bond donors (Lipinski definition) is 0. The molecule has 0 spiro atoms. The number of nitrogens with zero attached hydrogens (tertiary/aromatic N) is 1. The highest BCUT2D eigenvalue weighted by molar-refractivity contribution is 5.90. The van der Waals surface area contributed by atoms with Crippen molar-refractivity contribution in [3.05, 3.63) is 29.3 Å². The Balaban J connectivity index is 2.07. The van der Waals surface area contributed by atoms with Crippen LogP contribution in [0.4, 0.5) is 10.5 Å². The first-order valence-corrected chi connectivity index (χ1v) is 6.52. The summed E-state index contributed by atoms with van der Waals surface area (Å²) in [6, 6.07) is 5.92. The number of carbonyl (C=O) groups is 2. The first kappa shape index (κ1) is 13.6. The summed E-state index contributed by atoms with van der Waals surface area (Å²) in [5, 5.41) is 0. The highest BCUT2D eigenvalue weighted by Gasteiger charge is 2.32. The molecule has 4 heteroatoms. The van der Waals surface area contributed by atoms with Crippen LogP contribution in [0.3, 0.4) is 0 Å². The first-order chi connectivity index (χ1) is 8.97. The van der Waals surface area contributed by atoms with E-state index in [4.69, 9.17) is 4.74 Å². The molecule has 0 aromatic heterocycles. The summed E-state index contributed by atoms with van der Waals surface area (Å²) >= 11 is 0. The number of anilines is 1. The number of ether oxygens (including phenoxy) is 1.